The normalized spacial score (nSPS) is 10.8. The zero-order valence-corrected chi connectivity index (χ0v) is 7.56. The van der Waals surface area contributed by atoms with Crippen LogP contribution in [0.2, 0.25) is 5.02 Å². The third-order valence-corrected chi connectivity index (χ3v) is 2.48. The predicted octanol–water partition coefficient (Wildman–Crippen LogP) is 3.65. The van der Waals surface area contributed by atoms with Gasteiger partial charge in [-0.2, -0.15) is 0 Å². The zero-order valence-electron chi connectivity index (χ0n) is 6.80. The Bertz CT molecular complexity index is 403. The summed E-state index contributed by atoms with van der Waals surface area (Å²) >= 11 is 6.12. The summed E-state index contributed by atoms with van der Waals surface area (Å²) in [5.41, 5.74) is 2.03. The van der Waals surface area contributed by atoms with Crippen molar-refractivity contribution in [3.05, 3.63) is 35.0 Å². The molecule has 0 amide bonds. The van der Waals surface area contributed by atoms with Crippen LogP contribution in [0.5, 0.6) is 0 Å². The molecule has 2 rings (SSSR count). The molecule has 0 unspecified atom stereocenters. The first-order valence-electron chi connectivity index (χ1n) is 3.97. The Hall–Kier alpha value is -0.950. The maximum Gasteiger partial charge on any atom is 0.135 e. The van der Waals surface area contributed by atoms with Crippen LogP contribution in [-0.4, -0.2) is 0 Å². The van der Waals surface area contributed by atoms with Crippen LogP contribution in [0.4, 0.5) is 0 Å². The Morgan fingerprint density at radius 2 is 2.17 bits per heavy atom. The molecule has 1 aromatic heterocycles. The molecule has 12 heavy (non-hydrogen) atoms. The van der Waals surface area contributed by atoms with Gasteiger partial charge >= 0.3 is 0 Å². The number of furan rings is 1. The van der Waals surface area contributed by atoms with Gasteiger partial charge in [0.15, 0.2) is 0 Å². The lowest BCUT2D eigenvalue weighted by atomic mass is 10.1. The fourth-order valence-corrected chi connectivity index (χ4v) is 1.68. The van der Waals surface area contributed by atoms with Gasteiger partial charge in [-0.25, -0.2) is 0 Å². The summed E-state index contributed by atoms with van der Waals surface area (Å²) in [6.45, 7) is 2.09. The van der Waals surface area contributed by atoms with Crippen LogP contribution in [0.25, 0.3) is 11.0 Å². The summed E-state index contributed by atoms with van der Waals surface area (Å²) in [7, 11) is 0. The van der Waals surface area contributed by atoms with E-state index in [-0.39, 0.29) is 0 Å². The fourth-order valence-electron chi connectivity index (χ4n) is 1.33. The third kappa shape index (κ3) is 1.01. The van der Waals surface area contributed by atoms with Crippen LogP contribution < -0.4 is 0 Å². The Labute approximate surface area is 75.9 Å². The molecule has 2 aromatic rings. The zero-order chi connectivity index (χ0) is 8.55. The van der Waals surface area contributed by atoms with Gasteiger partial charge in [0.25, 0.3) is 0 Å². The van der Waals surface area contributed by atoms with Crippen molar-refractivity contribution in [3.63, 3.8) is 0 Å². The maximum atomic E-state index is 6.12. The second kappa shape index (κ2) is 2.83. The van der Waals surface area contributed by atoms with Gasteiger partial charge in [-0.3, -0.25) is 0 Å². The Morgan fingerprint density at radius 3 is 2.92 bits per heavy atom. The molecule has 0 radical (unpaired) electrons. The van der Waals surface area contributed by atoms with Gasteiger partial charge in [0.05, 0.1) is 11.3 Å². The first kappa shape index (κ1) is 7.69. The van der Waals surface area contributed by atoms with Crippen molar-refractivity contribution in [1.82, 2.24) is 0 Å². The third-order valence-electron chi connectivity index (χ3n) is 2.03. The largest absolute Gasteiger partial charge is 0.464 e. The van der Waals surface area contributed by atoms with Crippen LogP contribution in [0.1, 0.15) is 12.5 Å². The number of hydrogen-bond acceptors (Lipinski definition) is 1. The quantitative estimate of drug-likeness (QED) is 0.653. The first-order valence-corrected chi connectivity index (χ1v) is 4.35. The Morgan fingerprint density at radius 1 is 1.33 bits per heavy atom. The average Bonchev–Trinajstić information content (AvgIpc) is 2.53. The van der Waals surface area contributed by atoms with Crippen molar-refractivity contribution in [2.45, 2.75) is 13.3 Å². The molecule has 0 atom stereocenters. The maximum absolute atomic E-state index is 6.12. The number of benzene rings is 1. The average molecular weight is 181 g/mol. The van der Waals surface area contributed by atoms with E-state index in [4.69, 9.17) is 16.0 Å². The van der Waals surface area contributed by atoms with Crippen LogP contribution in [0.15, 0.2) is 28.9 Å². The monoisotopic (exact) mass is 180 g/mol. The number of rotatable bonds is 1. The SMILES string of the molecule is CCc1ccc2occc2c1Cl. The van der Waals surface area contributed by atoms with E-state index in [1.54, 1.807) is 6.26 Å². The smallest absolute Gasteiger partial charge is 0.135 e. The summed E-state index contributed by atoms with van der Waals surface area (Å²) in [6, 6.07) is 5.87. The number of halogens is 1. The summed E-state index contributed by atoms with van der Waals surface area (Å²) in [5.74, 6) is 0. The molecule has 0 saturated carbocycles. The molecule has 62 valence electrons. The van der Waals surface area contributed by atoms with E-state index < -0.39 is 0 Å². The van der Waals surface area contributed by atoms with Gasteiger partial charge in [-0.05, 0) is 24.1 Å². The Balaban J connectivity index is 2.78. The molecule has 1 nitrogen and oxygen atoms in total. The van der Waals surface area contributed by atoms with E-state index in [0.29, 0.717) is 0 Å². The van der Waals surface area contributed by atoms with Crippen molar-refractivity contribution in [1.29, 1.82) is 0 Å². The molecule has 1 aromatic carbocycles. The fraction of sp³-hybridized carbons (Fsp3) is 0.200. The van der Waals surface area contributed by atoms with Crippen LogP contribution in [0, 0.1) is 0 Å². The second-order valence-corrected chi connectivity index (χ2v) is 3.10. The van der Waals surface area contributed by atoms with Crippen LogP contribution >= 0.6 is 11.6 Å². The van der Waals surface area contributed by atoms with Gasteiger partial charge in [-0.15, -0.1) is 0 Å². The minimum absolute atomic E-state index is 0.823. The van der Waals surface area contributed by atoms with E-state index in [2.05, 4.69) is 6.92 Å². The van der Waals surface area contributed by atoms with Gasteiger partial charge in [0.1, 0.15) is 5.58 Å². The van der Waals surface area contributed by atoms with Crippen LogP contribution in [-0.2, 0) is 6.42 Å². The molecule has 0 fully saturated rings. The highest BCUT2D eigenvalue weighted by atomic mass is 35.5. The van der Waals surface area contributed by atoms with E-state index in [1.807, 2.05) is 18.2 Å². The minimum atomic E-state index is 0.823. The molecular weight excluding hydrogens is 172 g/mol. The predicted molar refractivity (Wildman–Crippen MR) is 50.6 cm³/mol. The molecular formula is C10H9ClO. The highest BCUT2D eigenvalue weighted by molar-refractivity contribution is 6.36. The van der Waals surface area contributed by atoms with Gasteiger partial charge in [0, 0.05) is 5.39 Å². The second-order valence-electron chi connectivity index (χ2n) is 2.72. The van der Waals surface area contributed by atoms with E-state index in [1.165, 1.54) is 5.56 Å². The first-order chi connectivity index (χ1) is 5.83. The van der Waals surface area contributed by atoms with E-state index >= 15 is 0 Å². The van der Waals surface area contributed by atoms with Crippen molar-refractivity contribution in [3.8, 4) is 0 Å². The minimum Gasteiger partial charge on any atom is -0.464 e. The highest BCUT2D eigenvalue weighted by Gasteiger charge is 2.04. The topological polar surface area (TPSA) is 13.1 Å². The summed E-state index contributed by atoms with van der Waals surface area (Å²) < 4.78 is 5.21. The highest BCUT2D eigenvalue weighted by Crippen LogP contribution is 2.28. The molecule has 0 aliphatic carbocycles. The van der Waals surface area contributed by atoms with Gasteiger partial charge < -0.3 is 4.42 Å². The summed E-state index contributed by atoms with van der Waals surface area (Å²) in [4.78, 5) is 0. The lowest BCUT2D eigenvalue weighted by molar-refractivity contribution is 0.616. The van der Waals surface area contributed by atoms with Crippen molar-refractivity contribution >= 4 is 22.6 Å². The lowest BCUT2D eigenvalue weighted by Gasteiger charge is -1.99. The van der Waals surface area contributed by atoms with Crippen molar-refractivity contribution < 1.29 is 4.42 Å². The standard InChI is InChI=1S/C10H9ClO/c1-2-7-3-4-9-8(10(7)11)5-6-12-9/h3-6H,2H2,1H3. The number of fused-ring (bicyclic) bond motifs is 1. The summed E-state index contributed by atoms with van der Waals surface area (Å²) in [5, 5.41) is 1.83. The molecule has 1 heterocycles. The van der Waals surface area contributed by atoms with Crippen molar-refractivity contribution in [2.75, 3.05) is 0 Å². The van der Waals surface area contributed by atoms with Gasteiger partial charge in [-0.1, -0.05) is 24.6 Å². The lowest BCUT2D eigenvalue weighted by Crippen LogP contribution is -1.80. The van der Waals surface area contributed by atoms with E-state index in [0.717, 1.165) is 22.4 Å². The number of aryl methyl sites for hydroxylation is 1. The van der Waals surface area contributed by atoms with E-state index in [9.17, 15) is 0 Å². The molecule has 0 bridgehead atoms. The Kier molecular flexibility index (Phi) is 1.81. The van der Waals surface area contributed by atoms with Crippen LogP contribution in [0.3, 0.4) is 0 Å². The molecule has 0 spiro atoms. The van der Waals surface area contributed by atoms with Gasteiger partial charge in [0.2, 0.25) is 0 Å². The number of hydrogen-bond donors (Lipinski definition) is 0. The van der Waals surface area contributed by atoms with Crippen molar-refractivity contribution in [2.24, 2.45) is 0 Å². The molecule has 0 aliphatic heterocycles. The molecule has 2 heteroatoms. The molecule has 0 aliphatic rings. The molecule has 0 saturated heterocycles. The summed E-state index contributed by atoms with van der Waals surface area (Å²) in [6.07, 6.45) is 2.62. The molecule has 0 N–H and O–H groups in total.